The average Bonchev–Trinajstić information content (AvgIpc) is 3.33. The van der Waals surface area contributed by atoms with Gasteiger partial charge in [0.1, 0.15) is 5.69 Å². The number of benzene rings is 2. The van der Waals surface area contributed by atoms with Crippen LogP contribution in [0.15, 0.2) is 54.7 Å². The molecule has 0 unspecified atom stereocenters. The number of hydrogen-bond donors (Lipinski definition) is 3. The third-order valence-electron chi connectivity index (χ3n) is 7.18. The highest BCUT2D eigenvalue weighted by Crippen LogP contribution is 2.34. The lowest BCUT2D eigenvalue weighted by Gasteiger charge is -2.22. The Kier molecular flexibility index (Phi) is 8.47. The smallest absolute Gasteiger partial charge is 0.274 e. The van der Waals surface area contributed by atoms with Crippen molar-refractivity contribution >= 4 is 44.8 Å². The van der Waals surface area contributed by atoms with Crippen LogP contribution in [-0.2, 0) is 14.8 Å². The Morgan fingerprint density at radius 2 is 1.95 bits per heavy atom. The number of nitrogens with zero attached hydrogens (tertiary/aromatic N) is 4. The Hall–Kier alpha value is -4.36. The lowest BCUT2D eigenvalue weighted by molar-refractivity contribution is -0.119. The van der Waals surface area contributed by atoms with Crippen LogP contribution in [0.3, 0.4) is 0 Å². The van der Waals surface area contributed by atoms with Gasteiger partial charge in [-0.05, 0) is 61.7 Å². The number of aromatic nitrogens is 4. The molecule has 0 saturated heterocycles. The van der Waals surface area contributed by atoms with Gasteiger partial charge in [0.05, 0.1) is 40.1 Å². The van der Waals surface area contributed by atoms with Crippen molar-refractivity contribution in [3.05, 3.63) is 82.6 Å². The maximum absolute atomic E-state index is 14.7. The van der Waals surface area contributed by atoms with Gasteiger partial charge in [-0.1, -0.05) is 42.3 Å². The van der Waals surface area contributed by atoms with E-state index in [1.165, 1.54) is 16.8 Å². The molecule has 1 aliphatic heterocycles. The minimum Gasteiger partial charge on any atom is -0.342 e. The molecule has 2 amide bonds. The summed E-state index contributed by atoms with van der Waals surface area (Å²) >= 11 is 5.93. The van der Waals surface area contributed by atoms with E-state index >= 15 is 0 Å². The van der Waals surface area contributed by atoms with Crippen LogP contribution >= 0.6 is 11.6 Å². The van der Waals surface area contributed by atoms with E-state index in [9.17, 15) is 22.4 Å². The van der Waals surface area contributed by atoms with E-state index in [1.54, 1.807) is 50.4 Å². The fraction of sp³-hybridized carbons (Fsp3) is 0.276. The number of hydrogen-bond acceptors (Lipinski definition) is 7. The van der Waals surface area contributed by atoms with Gasteiger partial charge in [-0.3, -0.25) is 19.3 Å². The van der Waals surface area contributed by atoms with Gasteiger partial charge in [-0.15, -0.1) is 5.10 Å². The number of sulfonamides is 1. The fourth-order valence-electron chi connectivity index (χ4n) is 4.94. The summed E-state index contributed by atoms with van der Waals surface area (Å²) in [5.74, 6) is -1.77. The molecule has 3 N–H and O–H groups in total. The van der Waals surface area contributed by atoms with Crippen LogP contribution < -0.4 is 15.4 Å². The van der Waals surface area contributed by atoms with Crippen molar-refractivity contribution in [2.24, 2.45) is 5.92 Å². The van der Waals surface area contributed by atoms with Gasteiger partial charge in [-0.25, -0.2) is 17.5 Å². The topological polar surface area (TPSA) is 148 Å². The molecule has 2 bridgehead atoms. The first-order chi connectivity index (χ1) is 20.4. The highest BCUT2D eigenvalue weighted by molar-refractivity contribution is 7.92. The maximum Gasteiger partial charge on any atom is 0.274 e. The molecule has 1 aliphatic rings. The molecule has 2 aromatic heterocycles. The molecule has 224 valence electrons. The Labute approximate surface area is 252 Å². The number of carbonyl (C=O) groups excluding carboxylic acids is 2. The van der Waals surface area contributed by atoms with Crippen LogP contribution in [0.2, 0.25) is 5.02 Å². The van der Waals surface area contributed by atoms with Crippen molar-refractivity contribution in [2.45, 2.75) is 39.2 Å². The van der Waals surface area contributed by atoms with Gasteiger partial charge >= 0.3 is 0 Å². The number of fused-ring (bicyclic) bond motifs is 4. The summed E-state index contributed by atoms with van der Waals surface area (Å²) < 4.78 is 41.9. The van der Waals surface area contributed by atoms with Crippen LogP contribution in [0.4, 0.5) is 15.8 Å². The van der Waals surface area contributed by atoms with Crippen molar-refractivity contribution in [1.82, 2.24) is 25.3 Å². The number of anilines is 2. The molecule has 0 spiro atoms. The number of amides is 2. The van der Waals surface area contributed by atoms with Crippen LogP contribution in [0.5, 0.6) is 0 Å². The molecule has 0 radical (unpaired) electrons. The van der Waals surface area contributed by atoms with Gasteiger partial charge in [0, 0.05) is 17.7 Å². The Morgan fingerprint density at radius 3 is 2.72 bits per heavy atom. The zero-order valence-corrected chi connectivity index (χ0v) is 25.1. The number of carbonyl (C=O) groups is 2. The minimum absolute atomic E-state index is 0.0191. The van der Waals surface area contributed by atoms with Gasteiger partial charge in [-0.2, -0.15) is 0 Å². The SMILES string of the molecule is Cc1c(C(=O)N[C@H]2CCC[C@@H](C)C(=O)Nc3cc(NS(C)(=O)=O)ccc3-c3ccnc2c3)nnn1-c1cccc(Cl)c1F. The average molecular weight is 626 g/mol. The van der Waals surface area contributed by atoms with E-state index in [0.29, 0.717) is 53.2 Å². The predicted octanol–water partition coefficient (Wildman–Crippen LogP) is 5.03. The first kappa shape index (κ1) is 30.1. The first-order valence-electron chi connectivity index (χ1n) is 13.5. The summed E-state index contributed by atoms with van der Waals surface area (Å²) in [5.41, 5.74) is 3.09. The fourth-order valence-corrected chi connectivity index (χ4v) is 5.67. The van der Waals surface area contributed by atoms with Gasteiger partial charge in [0.15, 0.2) is 11.5 Å². The first-order valence-corrected chi connectivity index (χ1v) is 15.7. The van der Waals surface area contributed by atoms with E-state index in [0.717, 1.165) is 6.26 Å². The second kappa shape index (κ2) is 12.1. The lowest BCUT2D eigenvalue weighted by Crippen LogP contribution is -2.30. The van der Waals surface area contributed by atoms with Crippen LogP contribution in [-0.4, -0.2) is 46.5 Å². The summed E-state index contributed by atoms with van der Waals surface area (Å²) in [6, 6.07) is 12.4. The molecule has 3 heterocycles. The van der Waals surface area contributed by atoms with Crippen molar-refractivity contribution < 1.29 is 22.4 Å². The summed E-state index contributed by atoms with van der Waals surface area (Å²) in [6.45, 7) is 3.42. The van der Waals surface area contributed by atoms with E-state index in [2.05, 4.69) is 30.7 Å². The van der Waals surface area contributed by atoms with Gasteiger partial charge in [0.25, 0.3) is 5.91 Å². The van der Waals surface area contributed by atoms with E-state index in [1.807, 2.05) is 6.07 Å². The van der Waals surface area contributed by atoms with Crippen LogP contribution in [0.25, 0.3) is 16.8 Å². The number of pyridine rings is 1. The highest BCUT2D eigenvalue weighted by atomic mass is 35.5. The second-order valence-corrected chi connectivity index (χ2v) is 12.6. The van der Waals surface area contributed by atoms with Crippen LogP contribution in [0, 0.1) is 18.7 Å². The molecular weight excluding hydrogens is 597 g/mol. The van der Waals surface area contributed by atoms with Crippen LogP contribution in [0.1, 0.15) is 54.1 Å². The normalized spacial score (nSPS) is 17.2. The van der Waals surface area contributed by atoms with Crippen molar-refractivity contribution in [2.75, 3.05) is 16.3 Å². The molecule has 4 aromatic rings. The zero-order valence-electron chi connectivity index (χ0n) is 23.6. The maximum atomic E-state index is 14.7. The van der Waals surface area contributed by atoms with Gasteiger partial charge < -0.3 is 10.6 Å². The molecule has 0 aliphatic carbocycles. The summed E-state index contributed by atoms with van der Waals surface area (Å²) in [5, 5.41) is 13.9. The summed E-state index contributed by atoms with van der Waals surface area (Å²) in [7, 11) is -3.53. The largest absolute Gasteiger partial charge is 0.342 e. The minimum atomic E-state index is -3.53. The molecule has 2 atom stereocenters. The molecule has 0 saturated carbocycles. The molecule has 14 heteroatoms. The highest BCUT2D eigenvalue weighted by Gasteiger charge is 2.25. The van der Waals surface area contributed by atoms with E-state index in [4.69, 9.17) is 11.6 Å². The quantitative estimate of drug-likeness (QED) is 0.282. The Morgan fingerprint density at radius 1 is 1.16 bits per heavy atom. The van der Waals surface area contributed by atoms with Gasteiger partial charge in [0.2, 0.25) is 15.9 Å². The lowest BCUT2D eigenvalue weighted by atomic mass is 9.95. The predicted molar refractivity (Wildman–Crippen MR) is 161 cm³/mol. The third-order valence-corrected chi connectivity index (χ3v) is 8.08. The third kappa shape index (κ3) is 6.67. The molecule has 43 heavy (non-hydrogen) atoms. The molecule has 2 aromatic carbocycles. The molecule has 11 nitrogen and oxygen atoms in total. The van der Waals surface area contributed by atoms with Crippen molar-refractivity contribution in [3.8, 4) is 16.8 Å². The Bertz CT molecular complexity index is 1830. The summed E-state index contributed by atoms with van der Waals surface area (Å²) in [6.07, 6.45) is 4.26. The zero-order chi connectivity index (χ0) is 30.9. The van der Waals surface area contributed by atoms with E-state index < -0.39 is 27.8 Å². The molecule has 0 fully saturated rings. The number of halogens is 2. The monoisotopic (exact) mass is 625 g/mol. The Balaban J connectivity index is 1.49. The standard InChI is InChI=1S/C29H29ClFN7O4S/c1-16-6-4-8-22(33-29(40)27-17(2)38(37-35-27)25-9-5-7-21(30)26(25)31)24-14-18(12-13-32-24)20-11-10-19(36-43(3,41)42)15-23(20)34-28(16)39/h5,7,9-16,22,36H,4,6,8H2,1-3H3,(H,33,40)(H,34,39)/t16-,22+/m1/s1. The number of nitrogens with one attached hydrogen (secondary N) is 3. The second-order valence-electron chi connectivity index (χ2n) is 10.5. The summed E-state index contributed by atoms with van der Waals surface area (Å²) in [4.78, 5) is 31.1. The molecule has 5 rings (SSSR count). The van der Waals surface area contributed by atoms with Crippen molar-refractivity contribution in [3.63, 3.8) is 0 Å². The van der Waals surface area contributed by atoms with Crippen molar-refractivity contribution in [1.29, 1.82) is 0 Å². The van der Waals surface area contributed by atoms with E-state index in [-0.39, 0.29) is 28.2 Å². The number of rotatable bonds is 5. The molecular formula is C29H29ClFN7O4S.